The first-order valence-corrected chi connectivity index (χ1v) is 11.2. The van der Waals surface area contributed by atoms with Crippen molar-refractivity contribution in [2.45, 2.75) is 20.8 Å². The molecule has 0 aliphatic carbocycles. The minimum absolute atomic E-state index is 0.785. The quantitative estimate of drug-likeness (QED) is 0.363. The van der Waals surface area contributed by atoms with E-state index in [9.17, 15) is 0 Å². The predicted molar refractivity (Wildman–Crippen MR) is 134 cm³/mol. The Morgan fingerprint density at radius 2 is 1.42 bits per heavy atom. The lowest BCUT2D eigenvalue weighted by Gasteiger charge is -2.21. The lowest BCUT2D eigenvalue weighted by Crippen LogP contribution is -2.24. The third-order valence-corrected chi connectivity index (χ3v) is 5.97. The number of aromatic nitrogens is 2. The minimum Gasteiger partial charge on any atom is -0.457 e. The van der Waals surface area contributed by atoms with Crippen LogP contribution in [-0.2, 0) is 0 Å². The van der Waals surface area contributed by atoms with Crippen molar-refractivity contribution in [2.24, 2.45) is 0 Å². The highest BCUT2D eigenvalue weighted by molar-refractivity contribution is 5.75. The SMILES string of the molecule is CC1=C(c2ccccc2)N(C)CN1c1cccc(Oc2cccc(-n3nc(C)cc3C)c2)c1. The van der Waals surface area contributed by atoms with Gasteiger partial charge in [0.15, 0.2) is 0 Å². The van der Waals surface area contributed by atoms with E-state index in [0.717, 1.165) is 40.9 Å². The molecule has 1 aliphatic heterocycles. The molecule has 5 heteroatoms. The van der Waals surface area contributed by atoms with Gasteiger partial charge in [-0.3, -0.25) is 0 Å². The maximum absolute atomic E-state index is 6.26. The van der Waals surface area contributed by atoms with Crippen LogP contribution in [0.25, 0.3) is 11.4 Å². The summed E-state index contributed by atoms with van der Waals surface area (Å²) in [5, 5.41) is 4.59. The second-order valence-corrected chi connectivity index (χ2v) is 8.50. The molecule has 0 fully saturated rings. The van der Waals surface area contributed by atoms with Gasteiger partial charge in [-0.1, -0.05) is 42.5 Å². The number of benzene rings is 3. The van der Waals surface area contributed by atoms with E-state index in [0.29, 0.717) is 0 Å². The van der Waals surface area contributed by atoms with Crippen LogP contribution in [-0.4, -0.2) is 28.4 Å². The monoisotopic (exact) mass is 436 g/mol. The molecule has 1 aliphatic rings. The number of hydrogen-bond acceptors (Lipinski definition) is 4. The molecule has 0 N–H and O–H groups in total. The largest absolute Gasteiger partial charge is 0.457 e. The molecule has 1 aromatic heterocycles. The van der Waals surface area contributed by atoms with Crippen LogP contribution in [0.15, 0.2) is 90.6 Å². The summed E-state index contributed by atoms with van der Waals surface area (Å²) in [6, 6.07) is 28.9. The van der Waals surface area contributed by atoms with E-state index >= 15 is 0 Å². The summed E-state index contributed by atoms with van der Waals surface area (Å²) in [4.78, 5) is 4.61. The number of hydrogen-bond donors (Lipinski definition) is 0. The smallest absolute Gasteiger partial charge is 0.129 e. The summed E-state index contributed by atoms with van der Waals surface area (Å²) in [5.41, 5.74) is 7.90. The fourth-order valence-electron chi connectivity index (χ4n) is 4.51. The van der Waals surface area contributed by atoms with Crippen LogP contribution in [0.5, 0.6) is 11.5 Å². The van der Waals surface area contributed by atoms with E-state index < -0.39 is 0 Å². The molecule has 4 aromatic rings. The molecule has 0 radical (unpaired) electrons. The zero-order valence-electron chi connectivity index (χ0n) is 19.5. The van der Waals surface area contributed by atoms with Gasteiger partial charge >= 0.3 is 0 Å². The Morgan fingerprint density at radius 1 is 0.758 bits per heavy atom. The van der Waals surface area contributed by atoms with Crippen molar-refractivity contribution in [2.75, 3.05) is 18.6 Å². The van der Waals surface area contributed by atoms with Crippen molar-refractivity contribution in [1.29, 1.82) is 0 Å². The van der Waals surface area contributed by atoms with E-state index in [1.807, 2.05) is 48.0 Å². The molecule has 0 spiro atoms. The van der Waals surface area contributed by atoms with E-state index in [-0.39, 0.29) is 0 Å². The zero-order chi connectivity index (χ0) is 22.9. The van der Waals surface area contributed by atoms with Gasteiger partial charge in [0.25, 0.3) is 0 Å². The Balaban J connectivity index is 1.41. The van der Waals surface area contributed by atoms with Crippen molar-refractivity contribution in [3.63, 3.8) is 0 Å². The van der Waals surface area contributed by atoms with Gasteiger partial charge in [-0.05, 0) is 56.7 Å². The predicted octanol–water partition coefficient (Wildman–Crippen LogP) is 6.38. The van der Waals surface area contributed by atoms with Crippen LogP contribution in [0, 0.1) is 13.8 Å². The molecule has 0 atom stereocenters. The van der Waals surface area contributed by atoms with Crippen molar-refractivity contribution >= 4 is 11.4 Å². The third kappa shape index (κ3) is 4.10. The molecule has 0 bridgehead atoms. The van der Waals surface area contributed by atoms with Crippen molar-refractivity contribution in [3.05, 3.63) is 108 Å². The number of anilines is 1. The van der Waals surface area contributed by atoms with Crippen LogP contribution >= 0.6 is 0 Å². The van der Waals surface area contributed by atoms with E-state index in [1.165, 1.54) is 17.0 Å². The van der Waals surface area contributed by atoms with E-state index in [1.54, 1.807) is 0 Å². The Kier molecular flexibility index (Phi) is 5.38. The molecule has 166 valence electrons. The van der Waals surface area contributed by atoms with Crippen LogP contribution in [0.4, 0.5) is 5.69 Å². The Bertz CT molecular complexity index is 1320. The number of ether oxygens (including phenoxy) is 1. The average Bonchev–Trinajstić information content (AvgIpc) is 3.31. The second kappa shape index (κ2) is 8.51. The Morgan fingerprint density at radius 3 is 2.09 bits per heavy atom. The number of nitrogens with zero attached hydrogens (tertiary/aromatic N) is 4. The molecule has 5 nitrogen and oxygen atoms in total. The molecule has 2 heterocycles. The molecule has 3 aromatic carbocycles. The Labute approximate surface area is 195 Å². The van der Waals surface area contributed by atoms with Crippen LogP contribution in [0.3, 0.4) is 0 Å². The summed E-state index contributed by atoms with van der Waals surface area (Å²) >= 11 is 0. The third-order valence-electron chi connectivity index (χ3n) is 5.97. The first-order chi connectivity index (χ1) is 16.0. The molecule has 0 saturated carbocycles. The van der Waals surface area contributed by atoms with Crippen molar-refractivity contribution in [3.8, 4) is 17.2 Å². The van der Waals surface area contributed by atoms with Gasteiger partial charge in [-0.2, -0.15) is 5.10 Å². The van der Waals surface area contributed by atoms with Gasteiger partial charge in [0, 0.05) is 36.3 Å². The van der Waals surface area contributed by atoms with Gasteiger partial charge in [-0.15, -0.1) is 0 Å². The molecule has 33 heavy (non-hydrogen) atoms. The first-order valence-electron chi connectivity index (χ1n) is 11.2. The summed E-state index contributed by atoms with van der Waals surface area (Å²) in [6.45, 7) is 7.04. The number of allylic oxidation sites excluding steroid dienone is 1. The molecule has 5 rings (SSSR count). The summed E-state index contributed by atoms with van der Waals surface area (Å²) in [5.74, 6) is 1.59. The second-order valence-electron chi connectivity index (χ2n) is 8.50. The highest BCUT2D eigenvalue weighted by atomic mass is 16.5. The number of rotatable bonds is 5. The topological polar surface area (TPSA) is 33.5 Å². The van der Waals surface area contributed by atoms with Crippen LogP contribution in [0.1, 0.15) is 23.9 Å². The van der Waals surface area contributed by atoms with Gasteiger partial charge < -0.3 is 14.5 Å². The maximum atomic E-state index is 6.26. The first kappa shape index (κ1) is 20.9. The van der Waals surface area contributed by atoms with Gasteiger partial charge in [-0.25, -0.2) is 4.68 Å². The summed E-state index contributed by atoms with van der Waals surface area (Å²) in [7, 11) is 2.14. The molecular formula is C28H28N4O. The molecule has 0 saturated heterocycles. The van der Waals surface area contributed by atoms with Gasteiger partial charge in [0.05, 0.1) is 23.7 Å². The standard InChI is InChI=1S/C28H28N4O/c1-20-16-21(2)32(29-20)25-13-9-15-27(18-25)33-26-14-8-12-24(17-26)31-19-30(4)28(22(31)3)23-10-6-5-7-11-23/h5-18H,19H2,1-4H3. The highest BCUT2D eigenvalue weighted by Gasteiger charge is 2.25. The van der Waals surface area contributed by atoms with Crippen LogP contribution < -0.4 is 9.64 Å². The number of aryl methyl sites for hydroxylation is 2. The van der Waals surface area contributed by atoms with E-state index in [4.69, 9.17) is 4.74 Å². The summed E-state index contributed by atoms with van der Waals surface area (Å²) < 4.78 is 8.21. The zero-order valence-corrected chi connectivity index (χ0v) is 19.5. The van der Waals surface area contributed by atoms with Gasteiger partial charge in [0.1, 0.15) is 11.5 Å². The molecule has 0 amide bonds. The van der Waals surface area contributed by atoms with Crippen molar-refractivity contribution in [1.82, 2.24) is 14.7 Å². The maximum Gasteiger partial charge on any atom is 0.129 e. The van der Waals surface area contributed by atoms with Gasteiger partial charge in [0.2, 0.25) is 0 Å². The summed E-state index contributed by atoms with van der Waals surface area (Å²) in [6.07, 6.45) is 0. The van der Waals surface area contributed by atoms with Crippen LogP contribution in [0.2, 0.25) is 0 Å². The highest BCUT2D eigenvalue weighted by Crippen LogP contribution is 2.36. The minimum atomic E-state index is 0.785. The lowest BCUT2D eigenvalue weighted by molar-refractivity contribution is 0.481. The van der Waals surface area contributed by atoms with Crippen molar-refractivity contribution < 1.29 is 4.74 Å². The fraction of sp³-hybridized carbons (Fsp3) is 0.179. The molecular weight excluding hydrogens is 408 g/mol. The fourth-order valence-corrected chi connectivity index (χ4v) is 4.51. The Hall–Kier alpha value is -3.99. The lowest BCUT2D eigenvalue weighted by atomic mass is 10.1. The average molecular weight is 437 g/mol. The van der Waals surface area contributed by atoms with E-state index in [2.05, 4.69) is 84.3 Å². The normalized spacial score (nSPS) is 13.7. The molecule has 0 unspecified atom stereocenters.